The third-order valence-corrected chi connectivity index (χ3v) is 6.41. The van der Waals surface area contributed by atoms with Crippen LogP contribution in [0.3, 0.4) is 0 Å². The minimum absolute atomic E-state index is 0.126. The number of fused-ring (bicyclic) bond motifs is 1. The summed E-state index contributed by atoms with van der Waals surface area (Å²) in [4.78, 5) is 50.9. The van der Waals surface area contributed by atoms with E-state index in [9.17, 15) is 27.9 Å². The molecule has 11 nitrogen and oxygen atoms in total. The van der Waals surface area contributed by atoms with Crippen LogP contribution in [0.25, 0.3) is 22.2 Å². The van der Waals surface area contributed by atoms with Crippen LogP contribution < -0.4 is 10.9 Å². The molecule has 1 atom stereocenters. The number of aliphatic carboxylic acids is 1. The molecule has 0 fully saturated rings. The zero-order valence-corrected chi connectivity index (χ0v) is 22.8. The monoisotopic (exact) mass is 616 g/mol. The molecule has 5 aromatic rings. The Labute approximate surface area is 245 Å². The number of carbonyl (C=O) groups is 2. The minimum Gasteiger partial charge on any atom is -0.507 e. The van der Waals surface area contributed by atoms with E-state index in [0.717, 1.165) is 17.3 Å². The molecule has 0 unspecified atom stereocenters. The molecule has 1 amide bonds. The van der Waals surface area contributed by atoms with Crippen molar-refractivity contribution in [2.24, 2.45) is 0 Å². The second kappa shape index (κ2) is 13.2. The second-order valence-corrected chi connectivity index (χ2v) is 9.63. The maximum atomic E-state index is 12.8. The van der Waals surface area contributed by atoms with E-state index < -0.39 is 18.2 Å². The number of aromatic amines is 3. The summed E-state index contributed by atoms with van der Waals surface area (Å²) in [7, 11) is 0. The fraction of sp³-hybridized carbons (Fsp3) is 0.179. The molecule has 0 aliphatic rings. The van der Waals surface area contributed by atoms with Crippen molar-refractivity contribution in [2.45, 2.75) is 31.5 Å². The number of aromatic nitrogens is 5. The number of H-pyrrole nitrogens is 3. The van der Waals surface area contributed by atoms with Gasteiger partial charge in [-0.3, -0.25) is 9.59 Å². The number of hydrogen-bond acceptors (Lipinski definition) is 6. The number of aromatic hydroxyl groups is 1. The van der Waals surface area contributed by atoms with Gasteiger partial charge < -0.3 is 30.5 Å². The number of nitrogens with one attached hydrogen (secondary N) is 4. The summed E-state index contributed by atoms with van der Waals surface area (Å²) in [5, 5.41) is 21.2. The van der Waals surface area contributed by atoms with Crippen LogP contribution in [0.15, 0.2) is 71.9 Å². The topological polar surface area (TPSA) is 177 Å². The third kappa shape index (κ3) is 8.23. The Kier molecular flexibility index (Phi) is 9.50. The van der Waals surface area contributed by atoms with E-state index in [0.29, 0.717) is 46.0 Å². The average molecular weight is 617 g/mol. The van der Waals surface area contributed by atoms with Gasteiger partial charge in [0.2, 0.25) is 5.91 Å². The maximum absolute atomic E-state index is 12.8. The van der Waals surface area contributed by atoms with Crippen LogP contribution >= 0.6 is 11.6 Å². The van der Waals surface area contributed by atoms with Crippen molar-refractivity contribution in [3.63, 3.8) is 0 Å². The number of aryl methyl sites for hydroxylation is 1. The van der Waals surface area contributed by atoms with Crippen LogP contribution in [0.4, 0.5) is 13.2 Å². The van der Waals surface area contributed by atoms with Gasteiger partial charge in [0.25, 0.3) is 5.56 Å². The number of carbonyl (C=O) groups excluding carboxylic acids is 1. The number of alkyl halides is 3. The van der Waals surface area contributed by atoms with E-state index in [2.05, 4.69) is 25.3 Å². The van der Waals surface area contributed by atoms with Crippen LogP contribution in [0, 0.1) is 0 Å². The molecular weight excluding hydrogens is 593 g/mol. The van der Waals surface area contributed by atoms with Gasteiger partial charge in [-0.15, -0.1) is 0 Å². The lowest BCUT2D eigenvalue weighted by Gasteiger charge is -2.17. The van der Waals surface area contributed by atoms with Crippen LogP contribution in [0.5, 0.6) is 5.75 Å². The molecule has 2 aromatic carbocycles. The van der Waals surface area contributed by atoms with Crippen LogP contribution in [0.1, 0.15) is 29.5 Å². The van der Waals surface area contributed by atoms with E-state index in [1.54, 1.807) is 30.7 Å². The van der Waals surface area contributed by atoms with Gasteiger partial charge in [-0.25, -0.2) is 14.8 Å². The quantitative estimate of drug-likeness (QED) is 0.147. The molecule has 0 saturated carbocycles. The highest BCUT2D eigenvalue weighted by atomic mass is 35.5. The second-order valence-electron chi connectivity index (χ2n) is 9.25. The van der Waals surface area contributed by atoms with Gasteiger partial charge in [0.05, 0.1) is 17.9 Å². The summed E-state index contributed by atoms with van der Waals surface area (Å²) in [6.45, 7) is 0. The van der Waals surface area contributed by atoms with Gasteiger partial charge in [-0.2, -0.15) is 13.2 Å². The number of benzene rings is 2. The van der Waals surface area contributed by atoms with Crippen molar-refractivity contribution >= 4 is 34.4 Å². The molecule has 6 N–H and O–H groups in total. The van der Waals surface area contributed by atoms with Gasteiger partial charge in [0.1, 0.15) is 22.4 Å². The van der Waals surface area contributed by atoms with Crippen molar-refractivity contribution < 1.29 is 33.0 Å². The number of carboxylic acid groups (broad SMARTS) is 1. The summed E-state index contributed by atoms with van der Waals surface area (Å²) < 4.78 is 31.7. The molecule has 224 valence electrons. The van der Waals surface area contributed by atoms with Crippen molar-refractivity contribution in [1.29, 1.82) is 0 Å². The van der Waals surface area contributed by atoms with Gasteiger partial charge in [-0.05, 0) is 30.5 Å². The number of pyridine rings is 1. The summed E-state index contributed by atoms with van der Waals surface area (Å²) >= 11 is 6.55. The zero-order chi connectivity index (χ0) is 31.1. The molecule has 0 bridgehead atoms. The fourth-order valence-electron chi connectivity index (χ4n) is 4.11. The highest BCUT2D eigenvalue weighted by Crippen LogP contribution is 2.32. The lowest BCUT2D eigenvalue weighted by Crippen LogP contribution is -2.31. The first-order valence-corrected chi connectivity index (χ1v) is 13.0. The Morgan fingerprint density at radius 3 is 2.44 bits per heavy atom. The van der Waals surface area contributed by atoms with E-state index >= 15 is 0 Å². The molecule has 15 heteroatoms. The number of nitrogens with zero attached hydrogens (tertiary/aromatic N) is 2. The number of amides is 1. The number of halogens is 4. The summed E-state index contributed by atoms with van der Waals surface area (Å²) in [6.07, 6.45) is -0.459. The van der Waals surface area contributed by atoms with E-state index in [4.69, 9.17) is 26.5 Å². The number of hydrogen-bond donors (Lipinski definition) is 6. The van der Waals surface area contributed by atoms with E-state index in [1.807, 2.05) is 30.3 Å². The number of rotatable bonds is 8. The van der Waals surface area contributed by atoms with Crippen molar-refractivity contribution in [3.8, 4) is 17.0 Å². The normalized spacial score (nSPS) is 11.9. The Bertz CT molecular complexity index is 1770. The Morgan fingerprint density at radius 2 is 1.79 bits per heavy atom. The van der Waals surface area contributed by atoms with Crippen molar-refractivity contribution in [2.75, 3.05) is 0 Å². The average Bonchev–Trinajstić information content (AvgIpc) is 3.62. The lowest BCUT2D eigenvalue weighted by molar-refractivity contribution is -0.192. The molecule has 43 heavy (non-hydrogen) atoms. The molecule has 5 rings (SSSR count). The standard InChI is InChI=1S/C26H23ClN6O3.C2HF3O2/c27-25-24(16-6-8-19-18(11-16)21(34)12-23(36)30-19)32-26(33-25)20(10-15-4-2-1-3-5-15)31-22(35)9-7-17-13-28-14-29-17;3-2(4,5)1(6)7/h1-6,8,11-14,20H,7,9-10H2,(H,28,29)(H,31,35)(H,32,33)(H2,30,34,36);(H,6,7)/t20-;/m0./s1. The molecule has 0 radical (unpaired) electrons. The molecule has 0 spiro atoms. The van der Waals surface area contributed by atoms with Gasteiger partial charge >= 0.3 is 12.1 Å². The predicted octanol–water partition coefficient (Wildman–Crippen LogP) is 4.67. The largest absolute Gasteiger partial charge is 0.507 e. The van der Waals surface area contributed by atoms with Crippen molar-refractivity contribution in [1.82, 2.24) is 30.2 Å². The molecule has 3 aromatic heterocycles. The van der Waals surface area contributed by atoms with E-state index in [-0.39, 0.29) is 23.6 Å². The van der Waals surface area contributed by atoms with Crippen LogP contribution in [-0.4, -0.2) is 53.2 Å². The highest BCUT2D eigenvalue weighted by molar-refractivity contribution is 6.32. The first-order chi connectivity index (χ1) is 20.4. The summed E-state index contributed by atoms with van der Waals surface area (Å²) in [5.74, 6) is -2.50. The molecule has 0 aliphatic heterocycles. The third-order valence-electron chi connectivity index (χ3n) is 6.14. The summed E-state index contributed by atoms with van der Waals surface area (Å²) in [5.41, 5.74) is 3.16. The fourth-order valence-corrected chi connectivity index (χ4v) is 4.36. The molecule has 3 heterocycles. The highest BCUT2D eigenvalue weighted by Gasteiger charge is 2.38. The van der Waals surface area contributed by atoms with Crippen LogP contribution in [-0.2, 0) is 22.4 Å². The van der Waals surface area contributed by atoms with Gasteiger partial charge in [0, 0.05) is 35.3 Å². The first kappa shape index (κ1) is 30.8. The number of imidazole rings is 2. The van der Waals surface area contributed by atoms with Gasteiger partial charge in [0.15, 0.2) is 0 Å². The van der Waals surface area contributed by atoms with Crippen molar-refractivity contribution in [3.05, 3.63) is 99.7 Å². The van der Waals surface area contributed by atoms with Gasteiger partial charge in [-0.1, -0.05) is 48.0 Å². The molecule has 0 aliphatic carbocycles. The minimum atomic E-state index is -5.08. The Balaban J connectivity index is 0.000000541. The lowest BCUT2D eigenvalue weighted by atomic mass is 10.0. The SMILES string of the molecule is O=C(CCc1cnc[nH]1)N[C@@H](Cc1ccccc1)c1nc(-c2ccc3[nH]c(=O)cc(O)c3c2)c(Cl)[nH]1.O=C(O)C(F)(F)F. The predicted molar refractivity (Wildman–Crippen MR) is 150 cm³/mol. The zero-order valence-electron chi connectivity index (χ0n) is 22.1. The smallest absolute Gasteiger partial charge is 0.490 e. The number of carboxylic acids is 1. The summed E-state index contributed by atoms with van der Waals surface area (Å²) in [6, 6.07) is 15.6. The van der Waals surface area contributed by atoms with E-state index in [1.165, 1.54) is 0 Å². The Hall–Kier alpha value is -5.11. The molecule has 0 saturated heterocycles. The maximum Gasteiger partial charge on any atom is 0.490 e. The van der Waals surface area contributed by atoms with Crippen LogP contribution in [0.2, 0.25) is 5.15 Å². The Morgan fingerprint density at radius 1 is 1.07 bits per heavy atom. The molecular formula is C28H24ClF3N6O5. The first-order valence-electron chi connectivity index (χ1n) is 12.6.